The van der Waals surface area contributed by atoms with Crippen LogP contribution in [-0.4, -0.2) is 42.5 Å². The number of pyridine rings is 1. The van der Waals surface area contributed by atoms with E-state index in [1.54, 1.807) is 30.6 Å². The van der Waals surface area contributed by atoms with Gasteiger partial charge in [0.1, 0.15) is 6.20 Å². The van der Waals surface area contributed by atoms with Gasteiger partial charge in [-0.15, -0.1) is 0 Å². The van der Waals surface area contributed by atoms with Gasteiger partial charge in [-0.05, 0) is 48.7 Å². The quantitative estimate of drug-likeness (QED) is 0.519. The van der Waals surface area contributed by atoms with Crippen LogP contribution in [0.1, 0.15) is 54.4 Å². The Morgan fingerprint density at radius 3 is 2.50 bits per heavy atom. The van der Waals surface area contributed by atoms with E-state index in [1.807, 2.05) is 0 Å². The van der Waals surface area contributed by atoms with Crippen molar-refractivity contribution in [1.29, 1.82) is 0 Å². The standard InChI is InChI=1S/C24H26ClN5O4/c25-20-6-5-18(13-19(20)22(32)27-16-24(34)9-3-1-2-4-10-24)30-23(33)29(21(31)14-28-30)15-17-7-11-26-12-8-17/h5-8,11-14,34H,1-4,9-10,15-16H2,(H,27,32). The molecule has 1 aromatic carbocycles. The Morgan fingerprint density at radius 1 is 1.09 bits per heavy atom. The molecule has 2 heterocycles. The molecule has 178 valence electrons. The van der Waals surface area contributed by atoms with Crippen LogP contribution in [0.5, 0.6) is 0 Å². The van der Waals surface area contributed by atoms with Gasteiger partial charge in [0, 0.05) is 18.9 Å². The SMILES string of the molecule is O=C(NCC1(O)CCCCCC1)c1cc(-n2ncc(=O)n(Cc3ccncc3)c2=O)ccc1Cl. The molecule has 0 spiro atoms. The maximum absolute atomic E-state index is 13.0. The largest absolute Gasteiger partial charge is 0.388 e. The topological polar surface area (TPSA) is 119 Å². The molecule has 0 unspecified atom stereocenters. The first-order valence-corrected chi connectivity index (χ1v) is 11.6. The Hall–Kier alpha value is -3.30. The third-order valence-corrected chi connectivity index (χ3v) is 6.43. The Labute approximate surface area is 201 Å². The van der Waals surface area contributed by atoms with Gasteiger partial charge in [0.05, 0.1) is 28.4 Å². The lowest BCUT2D eigenvalue weighted by Gasteiger charge is -2.26. The van der Waals surface area contributed by atoms with Crippen molar-refractivity contribution in [2.75, 3.05) is 6.54 Å². The van der Waals surface area contributed by atoms with Crippen LogP contribution in [0.25, 0.3) is 5.69 Å². The van der Waals surface area contributed by atoms with E-state index in [9.17, 15) is 19.5 Å². The summed E-state index contributed by atoms with van der Waals surface area (Å²) in [6.07, 6.45) is 9.49. The number of amides is 1. The minimum absolute atomic E-state index is 0.0578. The molecule has 1 fully saturated rings. The summed E-state index contributed by atoms with van der Waals surface area (Å²) in [5, 5.41) is 17.8. The summed E-state index contributed by atoms with van der Waals surface area (Å²) in [6, 6.07) is 7.92. The normalized spacial score (nSPS) is 15.5. The van der Waals surface area contributed by atoms with Gasteiger partial charge in [-0.2, -0.15) is 9.78 Å². The van der Waals surface area contributed by atoms with Crippen molar-refractivity contribution < 1.29 is 9.90 Å². The summed E-state index contributed by atoms with van der Waals surface area (Å²) in [4.78, 5) is 42.2. The number of carbonyl (C=O) groups is 1. The molecule has 1 aliphatic rings. The Bertz CT molecular complexity index is 1280. The molecular weight excluding hydrogens is 458 g/mol. The van der Waals surface area contributed by atoms with Crippen LogP contribution in [0.3, 0.4) is 0 Å². The smallest absolute Gasteiger partial charge is 0.352 e. The van der Waals surface area contributed by atoms with Gasteiger partial charge in [-0.25, -0.2) is 4.79 Å². The molecule has 34 heavy (non-hydrogen) atoms. The second-order valence-electron chi connectivity index (χ2n) is 8.60. The van der Waals surface area contributed by atoms with Gasteiger partial charge < -0.3 is 10.4 Å². The lowest BCUT2D eigenvalue weighted by Crippen LogP contribution is -2.42. The van der Waals surface area contributed by atoms with Crippen molar-refractivity contribution in [3.8, 4) is 5.69 Å². The third-order valence-electron chi connectivity index (χ3n) is 6.10. The van der Waals surface area contributed by atoms with Crippen LogP contribution in [0.15, 0.2) is 58.5 Å². The molecule has 0 bridgehead atoms. The average molecular weight is 484 g/mol. The molecule has 3 aromatic rings. The van der Waals surface area contributed by atoms with Gasteiger partial charge in [0.25, 0.3) is 11.5 Å². The van der Waals surface area contributed by atoms with Gasteiger partial charge in [-0.3, -0.25) is 19.1 Å². The molecule has 0 radical (unpaired) electrons. The minimum Gasteiger partial charge on any atom is -0.388 e. The van der Waals surface area contributed by atoms with E-state index in [1.165, 1.54) is 12.1 Å². The number of nitrogens with zero attached hydrogens (tertiary/aromatic N) is 4. The van der Waals surface area contributed by atoms with Crippen LogP contribution < -0.4 is 16.6 Å². The first-order chi connectivity index (χ1) is 16.4. The predicted octanol–water partition coefficient (Wildman–Crippen LogP) is 2.31. The van der Waals surface area contributed by atoms with Gasteiger partial charge in [0.2, 0.25) is 0 Å². The summed E-state index contributed by atoms with van der Waals surface area (Å²) in [6.45, 7) is 0.184. The van der Waals surface area contributed by atoms with Crippen molar-refractivity contribution >= 4 is 17.5 Å². The number of aromatic nitrogens is 4. The van der Waals surface area contributed by atoms with Crippen LogP contribution in [0.2, 0.25) is 5.02 Å². The predicted molar refractivity (Wildman–Crippen MR) is 127 cm³/mol. The van der Waals surface area contributed by atoms with E-state index in [0.717, 1.165) is 46.7 Å². The zero-order valence-electron chi connectivity index (χ0n) is 18.6. The molecule has 1 saturated carbocycles. The third kappa shape index (κ3) is 5.43. The molecule has 0 saturated heterocycles. The molecule has 0 atom stereocenters. The lowest BCUT2D eigenvalue weighted by molar-refractivity contribution is 0.0246. The van der Waals surface area contributed by atoms with Gasteiger partial charge in [-0.1, -0.05) is 37.3 Å². The number of halogens is 1. The van der Waals surface area contributed by atoms with Crippen molar-refractivity contribution in [2.24, 2.45) is 0 Å². The Kier molecular flexibility index (Phi) is 7.23. The molecule has 2 N–H and O–H groups in total. The van der Waals surface area contributed by atoms with E-state index in [4.69, 9.17) is 11.6 Å². The number of carbonyl (C=O) groups excluding carboxylic acids is 1. The molecule has 0 aliphatic heterocycles. The van der Waals surface area contributed by atoms with Crippen molar-refractivity contribution in [1.82, 2.24) is 24.6 Å². The van der Waals surface area contributed by atoms with Crippen LogP contribution in [-0.2, 0) is 6.54 Å². The maximum atomic E-state index is 13.0. The molecule has 10 heteroatoms. The highest BCUT2D eigenvalue weighted by Crippen LogP contribution is 2.27. The average Bonchev–Trinajstić information content (AvgIpc) is 3.06. The number of nitrogens with one attached hydrogen (secondary N) is 1. The van der Waals surface area contributed by atoms with Crippen molar-refractivity contribution in [3.63, 3.8) is 0 Å². The molecule has 2 aromatic heterocycles. The monoisotopic (exact) mass is 483 g/mol. The maximum Gasteiger partial charge on any atom is 0.352 e. The summed E-state index contributed by atoms with van der Waals surface area (Å²) >= 11 is 6.27. The molecular formula is C24H26ClN5O4. The minimum atomic E-state index is -0.933. The molecule has 1 amide bonds. The highest BCUT2D eigenvalue weighted by atomic mass is 35.5. The van der Waals surface area contributed by atoms with E-state index in [2.05, 4.69) is 15.4 Å². The highest BCUT2D eigenvalue weighted by molar-refractivity contribution is 6.33. The number of hydrogen-bond acceptors (Lipinski definition) is 6. The number of aliphatic hydroxyl groups is 1. The van der Waals surface area contributed by atoms with Crippen LogP contribution in [0.4, 0.5) is 0 Å². The zero-order valence-corrected chi connectivity index (χ0v) is 19.4. The number of benzene rings is 1. The zero-order chi connectivity index (χ0) is 24.1. The number of rotatable bonds is 6. The van der Waals surface area contributed by atoms with Crippen molar-refractivity contribution in [2.45, 2.75) is 50.7 Å². The van der Waals surface area contributed by atoms with Crippen LogP contribution >= 0.6 is 11.6 Å². The molecule has 1 aliphatic carbocycles. The number of hydrogen-bond donors (Lipinski definition) is 2. The lowest BCUT2D eigenvalue weighted by atomic mass is 9.94. The first-order valence-electron chi connectivity index (χ1n) is 11.2. The molecule has 4 rings (SSSR count). The summed E-state index contributed by atoms with van der Waals surface area (Å²) in [5.41, 5.74) is -0.947. The van der Waals surface area contributed by atoms with E-state index >= 15 is 0 Å². The summed E-state index contributed by atoms with van der Waals surface area (Å²) in [7, 11) is 0. The fraction of sp³-hybridized carbons (Fsp3) is 0.375. The second kappa shape index (κ2) is 10.3. The fourth-order valence-corrected chi connectivity index (χ4v) is 4.35. The van der Waals surface area contributed by atoms with Crippen LogP contribution in [0, 0.1) is 0 Å². The van der Waals surface area contributed by atoms with E-state index in [0.29, 0.717) is 12.8 Å². The van der Waals surface area contributed by atoms with Crippen molar-refractivity contribution in [3.05, 3.63) is 85.9 Å². The Morgan fingerprint density at radius 2 is 1.79 bits per heavy atom. The summed E-state index contributed by atoms with van der Waals surface area (Å²) in [5.74, 6) is -0.456. The summed E-state index contributed by atoms with van der Waals surface area (Å²) < 4.78 is 2.10. The molecule has 9 nitrogen and oxygen atoms in total. The second-order valence-corrected chi connectivity index (χ2v) is 9.01. The first kappa shape index (κ1) is 23.8. The fourth-order valence-electron chi connectivity index (χ4n) is 4.15. The Balaban J connectivity index is 1.59. The highest BCUT2D eigenvalue weighted by Gasteiger charge is 2.28. The van der Waals surface area contributed by atoms with Gasteiger partial charge in [0.15, 0.2) is 0 Å². The van der Waals surface area contributed by atoms with Gasteiger partial charge >= 0.3 is 5.69 Å². The van der Waals surface area contributed by atoms with E-state index in [-0.39, 0.29) is 29.4 Å². The van der Waals surface area contributed by atoms with E-state index < -0.39 is 22.8 Å².